The topological polar surface area (TPSA) is 51.2 Å². The van der Waals surface area contributed by atoms with Gasteiger partial charge in [0.15, 0.2) is 0 Å². The Bertz CT molecular complexity index is 275. The second-order valence-electron chi connectivity index (χ2n) is 3.89. The van der Waals surface area contributed by atoms with Gasteiger partial charge in [0.1, 0.15) is 17.3 Å². The first-order valence-electron chi connectivity index (χ1n) is 4.99. The van der Waals surface area contributed by atoms with Crippen molar-refractivity contribution in [3.8, 4) is 0 Å². The fourth-order valence-electron chi connectivity index (χ4n) is 1.63. The number of carbonyl (C=O) groups excluding carboxylic acids is 3. The zero-order valence-corrected chi connectivity index (χ0v) is 9.63. The van der Waals surface area contributed by atoms with E-state index in [2.05, 4.69) is 6.58 Å². The molecule has 3 heteroatoms. The van der Waals surface area contributed by atoms with Crippen molar-refractivity contribution in [3.05, 3.63) is 12.7 Å². The molecule has 0 saturated heterocycles. The van der Waals surface area contributed by atoms with E-state index in [1.165, 1.54) is 20.8 Å². The van der Waals surface area contributed by atoms with Crippen LogP contribution in [0.25, 0.3) is 0 Å². The molecule has 0 rings (SSSR count). The molecule has 0 heterocycles. The van der Waals surface area contributed by atoms with Crippen LogP contribution >= 0.6 is 0 Å². The Labute approximate surface area is 90.5 Å². The number of ketones is 3. The fraction of sp³-hybridized carbons (Fsp3) is 0.583. The van der Waals surface area contributed by atoms with Crippen LogP contribution in [0.2, 0.25) is 0 Å². The lowest BCUT2D eigenvalue weighted by Gasteiger charge is -2.26. The SMILES string of the molecule is C=CCC(CCC(C)=O)(C(C)=O)C(C)=O. The average molecular weight is 210 g/mol. The molecule has 3 nitrogen and oxygen atoms in total. The smallest absolute Gasteiger partial charge is 0.143 e. The molecule has 0 aliphatic rings. The third kappa shape index (κ3) is 3.42. The highest BCUT2D eigenvalue weighted by atomic mass is 16.2. The molecule has 0 atom stereocenters. The molecule has 0 bridgehead atoms. The maximum atomic E-state index is 11.5. The standard InChI is InChI=1S/C12H18O3/c1-5-7-12(10(3)14,11(4)15)8-6-9(2)13/h5H,1,6-8H2,2-4H3. The Balaban J connectivity index is 4.94. The largest absolute Gasteiger partial charge is 0.300 e. The quantitative estimate of drug-likeness (QED) is 0.477. The molecule has 0 unspecified atom stereocenters. The summed E-state index contributed by atoms with van der Waals surface area (Å²) in [6, 6.07) is 0. The number of allylic oxidation sites excluding steroid dienone is 1. The van der Waals surface area contributed by atoms with Gasteiger partial charge in [0.2, 0.25) is 0 Å². The molecule has 0 fully saturated rings. The molecular formula is C12H18O3. The van der Waals surface area contributed by atoms with Crippen molar-refractivity contribution < 1.29 is 14.4 Å². The van der Waals surface area contributed by atoms with Crippen LogP contribution in [0, 0.1) is 5.41 Å². The minimum atomic E-state index is -1.03. The summed E-state index contributed by atoms with van der Waals surface area (Å²) < 4.78 is 0. The average Bonchev–Trinajstić information content (AvgIpc) is 2.10. The summed E-state index contributed by atoms with van der Waals surface area (Å²) in [6.07, 6.45) is 2.42. The molecule has 0 amide bonds. The van der Waals surface area contributed by atoms with Crippen LogP contribution in [0.1, 0.15) is 40.0 Å². The first-order chi connectivity index (χ1) is 6.86. The van der Waals surface area contributed by atoms with Crippen molar-refractivity contribution in [2.45, 2.75) is 40.0 Å². The highest BCUT2D eigenvalue weighted by molar-refractivity contribution is 6.05. The highest BCUT2D eigenvalue weighted by Crippen LogP contribution is 2.31. The second-order valence-corrected chi connectivity index (χ2v) is 3.89. The van der Waals surface area contributed by atoms with E-state index in [1.54, 1.807) is 6.08 Å². The van der Waals surface area contributed by atoms with Gasteiger partial charge >= 0.3 is 0 Å². The molecule has 84 valence electrons. The first-order valence-corrected chi connectivity index (χ1v) is 4.99. The first kappa shape index (κ1) is 13.8. The van der Waals surface area contributed by atoms with E-state index in [4.69, 9.17) is 0 Å². The van der Waals surface area contributed by atoms with Gasteiger partial charge in [-0.1, -0.05) is 6.08 Å². The van der Waals surface area contributed by atoms with Crippen LogP contribution in [0.4, 0.5) is 0 Å². The van der Waals surface area contributed by atoms with Crippen LogP contribution in [-0.2, 0) is 14.4 Å². The zero-order chi connectivity index (χ0) is 12.1. The number of carbonyl (C=O) groups is 3. The van der Waals surface area contributed by atoms with Crippen molar-refractivity contribution in [2.24, 2.45) is 5.41 Å². The lowest BCUT2D eigenvalue weighted by atomic mass is 9.73. The molecule has 15 heavy (non-hydrogen) atoms. The summed E-state index contributed by atoms with van der Waals surface area (Å²) in [5.41, 5.74) is -1.03. The van der Waals surface area contributed by atoms with Crippen LogP contribution in [-0.4, -0.2) is 17.3 Å². The minimum absolute atomic E-state index is 0.00839. The van der Waals surface area contributed by atoms with E-state index in [0.717, 1.165) is 0 Å². The molecular weight excluding hydrogens is 192 g/mol. The van der Waals surface area contributed by atoms with Gasteiger partial charge in [-0.05, 0) is 33.6 Å². The molecule has 0 aromatic rings. The van der Waals surface area contributed by atoms with Crippen molar-refractivity contribution in [3.63, 3.8) is 0 Å². The van der Waals surface area contributed by atoms with Gasteiger partial charge in [-0.15, -0.1) is 6.58 Å². The predicted octanol–water partition coefficient (Wildman–Crippen LogP) is 2.10. The van der Waals surface area contributed by atoms with Gasteiger partial charge in [0.05, 0.1) is 5.41 Å². The van der Waals surface area contributed by atoms with Gasteiger partial charge in [-0.2, -0.15) is 0 Å². The summed E-state index contributed by atoms with van der Waals surface area (Å²) in [6.45, 7) is 7.79. The van der Waals surface area contributed by atoms with Crippen molar-refractivity contribution in [2.75, 3.05) is 0 Å². The summed E-state index contributed by atoms with van der Waals surface area (Å²) in [5, 5.41) is 0. The fourth-order valence-corrected chi connectivity index (χ4v) is 1.63. The Morgan fingerprint density at radius 3 is 1.87 bits per heavy atom. The van der Waals surface area contributed by atoms with E-state index in [1.807, 2.05) is 0 Å². The lowest BCUT2D eigenvalue weighted by Crippen LogP contribution is -2.36. The third-order valence-electron chi connectivity index (χ3n) is 2.74. The highest BCUT2D eigenvalue weighted by Gasteiger charge is 2.38. The van der Waals surface area contributed by atoms with E-state index in [-0.39, 0.29) is 23.8 Å². The van der Waals surface area contributed by atoms with E-state index < -0.39 is 5.41 Å². The van der Waals surface area contributed by atoms with Gasteiger partial charge in [0, 0.05) is 6.42 Å². The minimum Gasteiger partial charge on any atom is -0.300 e. The molecule has 0 saturated carbocycles. The van der Waals surface area contributed by atoms with Crippen LogP contribution in [0.5, 0.6) is 0 Å². The maximum Gasteiger partial charge on any atom is 0.143 e. The molecule has 0 aliphatic heterocycles. The molecule has 0 N–H and O–H groups in total. The van der Waals surface area contributed by atoms with Gasteiger partial charge in [0.25, 0.3) is 0 Å². The normalized spacial score (nSPS) is 10.9. The van der Waals surface area contributed by atoms with Crippen molar-refractivity contribution in [1.29, 1.82) is 0 Å². The van der Waals surface area contributed by atoms with E-state index in [9.17, 15) is 14.4 Å². The predicted molar refractivity (Wildman–Crippen MR) is 58.5 cm³/mol. The molecule has 0 aliphatic carbocycles. The molecule has 0 spiro atoms. The summed E-state index contributed by atoms with van der Waals surface area (Å²) in [7, 11) is 0. The molecule has 0 aromatic heterocycles. The second kappa shape index (κ2) is 5.59. The lowest BCUT2D eigenvalue weighted by molar-refractivity contribution is -0.139. The zero-order valence-electron chi connectivity index (χ0n) is 9.63. The number of rotatable bonds is 7. The van der Waals surface area contributed by atoms with Crippen LogP contribution < -0.4 is 0 Å². The van der Waals surface area contributed by atoms with Crippen molar-refractivity contribution in [1.82, 2.24) is 0 Å². The third-order valence-corrected chi connectivity index (χ3v) is 2.74. The maximum absolute atomic E-state index is 11.5. The monoisotopic (exact) mass is 210 g/mol. The summed E-state index contributed by atoms with van der Waals surface area (Å²) in [5.74, 6) is -0.377. The Hall–Kier alpha value is -1.25. The Kier molecular flexibility index (Phi) is 5.12. The number of Topliss-reactive ketones (excluding diaryl/α,β-unsaturated/α-hetero) is 3. The number of hydrogen-bond donors (Lipinski definition) is 0. The van der Waals surface area contributed by atoms with Crippen molar-refractivity contribution >= 4 is 17.3 Å². The summed E-state index contributed by atoms with van der Waals surface area (Å²) in [4.78, 5) is 34.0. The molecule has 0 aromatic carbocycles. The Morgan fingerprint density at radius 1 is 1.13 bits per heavy atom. The van der Waals surface area contributed by atoms with Gasteiger partial charge in [-0.25, -0.2) is 0 Å². The van der Waals surface area contributed by atoms with Gasteiger partial charge < -0.3 is 4.79 Å². The van der Waals surface area contributed by atoms with E-state index >= 15 is 0 Å². The van der Waals surface area contributed by atoms with Crippen LogP contribution in [0.15, 0.2) is 12.7 Å². The number of hydrogen-bond acceptors (Lipinski definition) is 3. The summed E-state index contributed by atoms with van der Waals surface area (Å²) >= 11 is 0. The van der Waals surface area contributed by atoms with Gasteiger partial charge in [-0.3, -0.25) is 9.59 Å². The molecule has 0 radical (unpaired) electrons. The van der Waals surface area contributed by atoms with E-state index in [0.29, 0.717) is 12.8 Å². The van der Waals surface area contributed by atoms with Crippen LogP contribution in [0.3, 0.4) is 0 Å². The Morgan fingerprint density at radius 2 is 1.60 bits per heavy atom.